The fourth-order valence-electron chi connectivity index (χ4n) is 3.82. The smallest absolute Gasteiger partial charge is 0.261 e. The first kappa shape index (κ1) is 24.1. The normalized spacial score (nSPS) is 17.7. The summed E-state index contributed by atoms with van der Waals surface area (Å²) in [6.45, 7) is 6.67. The van der Waals surface area contributed by atoms with Crippen LogP contribution in [0.3, 0.4) is 0 Å². The third-order valence-corrected chi connectivity index (χ3v) is 7.61. The molecule has 0 saturated carbocycles. The molecule has 1 aliphatic rings. The van der Waals surface area contributed by atoms with Crippen LogP contribution in [-0.4, -0.2) is 57.5 Å². The standard InChI is InChI=1S/C25H34N2O4S/c1-25(2,3)20-8-12-23(13-9-20)31-17-24(28)27(22-14-15-32(29,30)18-22)16-19-6-10-21(11-7-19)26(4)5/h6-13,22H,14-18H2,1-5H3/t22-/m1/s1. The molecule has 1 amide bonds. The van der Waals surface area contributed by atoms with Crippen LogP contribution in [0.2, 0.25) is 0 Å². The third-order valence-electron chi connectivity index (χ3n) is 5.86. The zero-order chi connectivity index (χ0) is 23.5. The van der Waals surface area contributed by atoms with E-state index in [1.165, 1.54) is 5.56 Å². The highest BCUT2D eigenvalue weighted by Crippen LogP contribution is 2.25. The van der Waals surface area contributed by atoms with E-state index >= 15 is 0 Å². The van der Waals surface area contributed by atoms with Crippen molar-refractivity contribution in [2.75, 3.05) is 37.1 Å². The molecule has 0 bridgehead atoms. The average molecular weight is 459 g/mol. The number of ether oxygens (including phenoxy) is 1. The van der Waals surface area contributed by atoms with Gasteiger partial charge in [-0.05, 0) is 47.2 Å². The highest BCUT2D eigenvalue weighted by Gasteiger charge is 2.34. The molecular weight excluding hydrogens is 424 g/mol. The van der Waals surface area contributed by atoms with Crippen molar-refractivity contribution >= 4 is 21.4 Å². The molecule has 1 heterocycles. The maximum Gasteiger partial charge on any atom is 0.261 e. The van der Waals surface area contributed by atoms with E-state index in [9.17, 15) is 13.2 Å². The number of rotatable bonds is 7. The minimum Gasteiger partial charge on any atom is -0.484 e. The maximum absolute atomic E-state index is 13.1. The molecule has 1 fully saturated rings. The van der Waals surface area contributed by atoms with Crippen LogP contribution < -0.4 is 9.64 Å². The Hall–Kier alpha value is -2.54. The summed E-state index contributed by atoms with van der Waals surface area (Å²) >= 11 is 0. The molecule has 7 heteroatoms. The lowest BCUT2D eigenvalue weighted by Crippen LogP contribution is -2.43. The first-order chi connectivity index (χ1) is 14.9. The summed E-state index contributed by atoms with van der Waals surface area (Å²) in [5.41, 5.74) is 3.26. The Morgan fingerprint density at radius 2 is 1.66 bits per heavy atom. The van der Waals surface area contributed by atoms with Gasteiger partial charge in [0, 0.05) is 32.4 Å². The molecular formula is C25H34N2O4S. The fourth-order valence-corrected chi connectivity index (χ4v) is 5.55. The summed E-state index contributed by atoms with van der Waals surface area (Å²) in [7, 11) is 0.832. The lowest BCUT2D eigenvalue weighted by atomic mass is 9.87. The van der Waals surface area contributed by atoms with Crippen molar-refractivity contribution in [2.45, 2.75) is 45.2 Å². The molecule has 1 saturated heterocycles. The molecule has 0 radical (unpaired) electrons. The number of anilines is 1. The SMILES string of the molecule is CN(C)c1ccc(CN(C(=O)COc2ccc(C(C)(C)C)cc2)[C@@H]2CCS(=O)(=O)C2)cc1. The van der Waals surface area contributed by atoms with Gasteiger partial charge >= 0.3 is 0 Å². The number of hydrogen-bond donors (Lipinski definition) is 0. The Morgan fingerprint density at radius 1 is 1.03 bits per heavy atom. The van der Waals surface area contributed by atoms with Gasteiger partial charge < -0.3 is 14.5 Å². The van der Waals surface area contributed by atoms with Crippen molar-refractivity contribution < 1.29 is 17.9 Å². The summed E-state index contributed by atoms with van der Waals surface area (Å²) in [5, 5.41) is 0. The Kier molecular flexibility index (Phi) is 7.18. The van der Waals surface area contributed by atoms with Gasteiger partial charge in [0.2, 0.25) is 0 Å². The van der Waals surface area contributed by atoms with Crippen LogP contribution in [0.1, 0.15) is 38.3 Å². The van der Waals surface area contributed by atoms with E-state index in [1.54, 1.807) is 4.90 Å². The highest BCUT2D eigenvalue weighted by molar-refractivity contribution is 7.91. The number of carbonyl (C=O) groups excluding carboxylic acids is 1. The summed E-state index contributed by atoms with van der Waals surface area (Å²) in [5.74, 6) is 0.551. The average Bonchev–Trinajstić information content (AvgIpc) is 3.09. The molecule has 1 aliphatic heterocycles. The molecule has 6 nitrogen and oxygen atoms in total. The van der Waals surface area contributed by atoms with E-state index in [0.29, 0.717) is 18.7 Å². The lowest BCUT2D eigenvalue weighted by molar-refractivity contribution is -0.136. The minimum absolute atomic E-state index is 0.00873. The van der Waals surface area contributed by atoms with Gasteiger partial charge in [0.1, 0.15) is 5.75 Å². The van der Waals surface area contributed by atoms with Crippen LogP contribution in [0, 0.1) is 0 Å². The largest absolute Gasteiger partial charge is 0.484 e. The first-order valence-electron chi connectivity index (χ1n) is 10.9. The molecule has 0 N–H and O–H groups in total. The topological polar surface area (TPSA) is 66.9 Å². The van der Waals surface area contributed by atoms with E-state index in [4.69, 9.17) is 4.74 Å². The van der Waals surface area contributed by atoms with Crippen LogP contribution in [0.25, 0.3) is 0 Å². The molecule has 2 aromatic carbocycles. The lowest BCUT2D eigenvalue weighted by Gasteiger charge is -2.28. The van der Waals surface area contributed by atoms with Crippen molar-refractivity contribution in [2.24, 2.45) is 0 Å². The first-order valence-corrected chi connectivity index (χ1v) is 12.8. The second kappa shape index (κ2) is 9.53. The second-order valence-corrected chi connectivity index (χ2v) is 11.9. The number of nitrogens with zero attached hydrogens (tertiary/aromatic N) is 2. The van der Waals surface area contributed by atoms with Gasteiger partial charge in [-0.3, -0.25) is 4.79 Å². The quantitative estimate of drug-likeness (QED) is 0.634. The number of hydrogen-bond acceptors (Lipinski definition) is 5. The van der Waals surface area contributed by atoms with Crippen molar-refractivity contribution in [1.82, 2.24) is 4.90 Å². The summed E-state index contributed by atoms with van der Waals surface area (Å²) in [4.78, 5) is 16.8. The molecule has 0 aromatic heterocycles. The molecule has 3 rings (SSSR count). The van der Waals surface area contributed by atoms with Gasteiger partial charge in [0.25, 0.3) is 5.91 Å². The van der Waals surface area contributed by atoms with Crippen molar-refractivity contribution in [3.05, 3.63) is 59.7 Å². The number of amides is 1. The van der Waals surface area contributed by atoms with E-state index < -0.39 is 9.84 Å². The Morgan fingerprint density at radius 3 is 2.16 bits per heavy atom. The molecule has 2 aromatic rings. The van der Waals surface area contributed by atoms with Gasteiger partial charge in [-0.1, -0.05) is 45.0 Å². The van der Waals surface area contributed by atoms with Gasteiger partial charge in [0.15, 0.2) is 16.4 Å². The van der Waals surface area contributed by atoms with Crippen LogP contribution in [0.15, 0.2) is 48.5 Å². The zero-order valence-corrected chi connectivity index (χ0v) is 20.5. The van der Waals surface area contributed by atoms with Crippen LogP contribution in [0.4, 0.5) is 5.69 Å². The predicted molar refractivity (Wildman–Crippen MR) is 129 cm³/mol. The number of carbonyl (C=O) groups is 1. The van der Waals surface area contributed by atoms with Gasteiger partial charge in [-0.15, -0.1) is 0 Å². The molecule has 1 atom stereocenters. The fraction of sp³-hybridized carbons (Fsp3) is 0.480. The van der Waals surface area contributed by atoms with Crippen LogP contribution in [-0.2, 0) is 26.6 Å². The van der Waals surface area contributed by atoms with E-state index in [2.05, 4.69) is 20.8 Å². The highest BCUT2D eigenvalue weighted by atomic mass is 32.2. The molecule has 174 valence electrons. The summed E-state index contributed by atoms with van der Waals surface area (Å²) in [6.07, 6.45) is 0.462. The molecule has 0 aliphatic carbocycles. The van der Waals surface area contributed by atoms with Gasteiger partial charge in [0.05, 0.1) is 11.5 Å². The molecule has 32 heavy (non-hydrogen) atoms. The minimum atomic E-state index is -3.11. The van der Waals surface area contributed by atoms with Gasteiger partial charge in [-0.25, -0.2) is 8.42 Å². The monoisotopic (exact) mass is 458 g/mol. The number of sulfone groups is 1. The predicted octanol–water partition coefficient (Wildman–Crippen LogP) is 3.64. The van der Waals surface area contributed by atoms with Crippen LogP contribution in [0.5, 0.6) is 5.75 Å². The number of benzene rings is 2. The third kappa shape index (κ3) is 6.25. The zero-order valence-electron chi connectivity index (χ0n) is 19.7. The molecule has 0 spiro atoms. The van der Waals surface area contributed by atoms with Crippen LogP contribution >= 0.6 is 0 Å². The maximum atomic E-state index is 13.1. The Bertz CT molecular complexity index is 1020. The Balaban J connectivity index is 1.71. The second-order valence-electron chi connectivity index (χ2n) is 9.70. The Labute approximate surface area is 192 Å². The summed E-state index contributed by atoms with van der Waals surface area (Å²) in [6, 6.07) is 15.4. The van der Waals surface area contributed by atoms with E-state index in [1.807, 2.05) is 67.5 Å². The summed E-state index contributed by atoms with van der Waals surface area (Å²) < 4.78 is 29.9. The van der Waals surface area contributed by atoms with Crippen molar-refractivity contribution in [1.29, 1.82) is 0 Å². The van der Waals surface area contributed by atoms with Gasteiger partial charge in [-0.2, -0.15) is 0 Å². The van der Waals surface area contributed by atoms with Crippen molar-refractivity contribution in [3.8, 4) is 5.75 Å². The van der Waals surface area contributed by atoms with Crippen molar-refractivity contribution in [3.63, 3.8) is 0 Å². The van der Waals surface area contributed by atoms with E-state index in [-0.39, 0.29) is 35.5 Å². The molecule has 0 unspecified atom stereocenters. The van der Waals surface area contributed by atoms with E-state index in [0.717, 1.165) is 11.3 Å².